The lowest BCUT2D eigenvalue weighted by atomic mass is 10.1. The van der Waals surface area contributed by atoms with E-state index in [0.29, 0.717) is 16.1 Å². The second-order valence-corrected chi connectivity index (χ2v) is 8.06. The van der Waals surface area contributed by atoms with Crippen LogP contribution >= 0.6 is 11.6 Å². The summed E-state index contributed by atoms with van der Waals surface area (Å²) < 4.78 is 49.3. The molecule has 0 saturated heterocycles. The highest BCUT2D eigenvalue weighted by molar-refractivity contribution is 6.30. The third-order valence-corrected chi connectivity index (χ3v) is 5.61. The van der Waals surface area contributed by atoms with E-state index in [2.05, 4.69) is 15.1 Å². The molecule has 0 spiro atoms. The Morgan fingerprint density at radius 1 is 1.06 bits per heavy atom. The summed E-state index contributed by atoms with van der Waals surface area (Å²) in [6.07, 6.45) is -1.97. The molecular weight excluding hydrogens is 485 g/mol. The minimum Gasteiger partial charge on any atom is -0.508 e. The molecule has 0 aliphatic carbocycles. The quantitative estimate of drug-likeness (QED) is 0.310. The molecule has 0 amide bonds. The average molecular weight is 499 g/mol. The maximum atomic E-state index is 14.4. The zero-order chi connectivity index (χ0) is 24.7. The zero-order valence-electron chi connectivity index (χ0n) is 17.6. The summed E-state index contributed by atoms with van der Waals surface area (Å²) in [4.78, 5) is 21.2. The number of alkyl halides is 3. The fraction of sp³-hybridized carbons (Fsp3) is 0.0833. The van der Waals surface area contributed by atoms with Gasteiger partial charge in [-0.05, 0) is 48.0 Å². The number of halogens is 4. The Bertz CT molecular complexity index is 1540. The molecule has 3 aromatic heterocycles. The van der Waals surface area contributed by atoms with Gasteiger partial charge in [-0.2, -0.15) is 18.2 Å². The lowest BCUT2D eigenvalue weighted by Crippen LogP contribution is -2.18. The Morgan fingerprint density at radius 2 is 1.77 bits per heavy atom. The number of benzene rings is 2. The number of aromatic hydroxyl groups is 1. The smallest absolute Gasteiger partial charge is 0.432 e. The van der Waals surface area contributed by atoms with Gasteiger partial charge in [0.05, 0.1) is 5.56 Å². The molecule has 0 saturated carbocycles. The lowest BCUT2D eigenvalue weighted by molar-refractivity contribution is -0.143. The molecule has 3 heterocycles. The third kappa shape index (κ3) is 4.24. The molecule has 0 radical (unpaired) electrons. The highest BCUT2D eigenvalue weighted by Crippen LogP contribution is 2.40. The van der Waals surface area contributed by atoms with Crippen LogP contribution in [0.1, 0.15) is 27.5 Å². The molecule has 2 aromatic carbocycles. The van der Waals surface area contributed by atoms with Crippen LogP contribution in [-0.4, -0.2) is 30.6 Å². The van der Waals surface area contributed by atoms with Crippen molar-refractivity contribution < 1.29 is 27.6 Å². The van der Waals surface area contributed by atoms with Crippen LogP contribution < -0.4 is 0 Å². The summed E-state index contributed by atoms with van der Waals surface area (Å²) in [6.45, 7) is -0.202. The van der Waals surface area contributed by atoms with E-state index in [0.717, 1.165) is 10.6 Å². The van der Waals surface area contributed by atoms with E-state index in [-0.39, 0.29) is 29.0 Å². The molecule has 0 atom stereocenters. The molecule has 5 aromatic rings. The van der Waals surface area contributed by atoms with Crippen LogP contribution in [0.15, 0.2) is 71.5 Å². The molecule has 5 rings (SSSR count). The topological polar surface area (TPSA) is 94.0 Å². The Morgan fingerprint density at radius 3 is 2.46 bits per heavy atom. The molecule has 1 N–H and O–H groups in total. The molecule has 0 fully saturated rings. The van der Waals surface area contributed by atoms with E-state index in [9.17, 15) is 23.1 Å². The van der Waals surface area contributed by atoms with Crippen molar-refractivity contribution in [3.8, 4) is 17.1 Å². The number of nitrogens with zero attached hydrogens (tertiary/aromatic N) is 4. The highest BCUT2D eigenvalue weighted by Gasteiger charge is 2.42. The van der Waals surface area contributed by atoms with Gasteiger partial charge in [0.2, 0.25) is 5.82 Å². The SMILES string of the molecule is O=C(c1nc(-c2ccncc2)no1)c1c(C(F)(F)F)n(Cc2ccc(Cl)cc2)c2ccc(O)cc12. The number of hydrogen-bond donors (Lipinski definition) is 1. The van der Waals surface area contributed by atoms with Crippen molar-refractivity contribution in [3.05, 3.63) is 94.7 Å². The maximum Gasteiger partial charge on any atom is 0.432 e. The minimum absolute atomic E-state index is 0.0251. The molecule has 35 heavy (non-hydrogen) atoms. The van der Waals surface area contributed by atoms with Crippen LogP contribution in [0.4, 0.5) is 13.2 Å². The first kappa shape index (κ1) is 22.6. The van der Waals surface area contributed by atoms with E-state index in [1.807, 2.05) is 0 Å². The number of ketones is 1. The van der Waals surface area contributed by atoms with Gasteiger partial charge in [0.25, 0.3) is 11.7 Å². The number of hydrogen-bond acceptors (Lipinski definition) is 6. The number of carbonyl (C=O) groups is 1. The predicted octanol–water partition coefficient (Wildman–Crippen LogP) is 5.74. The normalized spacial score (nSPS) is 11.8. The Hall–Kier alpha value is -4.18. The average Bonchev–Trinajstić information content (AvgIpc) is 3.44. The number of fused-ring (bicyclic) bond motifs is 1. The van der Waals surface area contributed by atoms with Crippen LogP contribution in [-0.2, 0) is 12.7 Å². The van der Waals surface area contributed by atoms with Crippen LogP contribution in [0, 0.1) is 0 Å². The number of pyridine rings is 1. The first-order valence-corrected chi connectivity index (χ1v) is 10.6. The fourth-order valence-electron chi connectivity index (χ4n) is 3.84. The van der Waals surface area contributed by atoms with Gasteiger partial charge in [-0.25, -0.2) is 0 Å². The molecule has 0 unspecified atom stereocenters. The summed E-state index contributed by atoms with van der Waals surface area (Å²) in [5, 5.41) is 14.1. The van der Waals surface area contributed by atoms with Crippen molar-refractivity contribution in [2.75, 3.05) is 0 Å². The van der Waals surface area contributed by atoms with Crippen LogP contribution in [0.25, 0.3) is 22.3 Å². The minimum atomic E-state index is -4.92. The van der Waals surface area contributed by atoms with Crippen LogP contribution in [0.5, 0.6) is 5.75 Å². The summed E-state index contributed by atoms with van der Waals surface area (Å²) >= 11 is 5.90. The summed E-state index contributed by atoms with van der Waals surface area (Å²) in [5.41, 5.74) is -0.783. The summed E-state index contributed by atoms with van der Waals surface area (Å²) in [5.74, 6) is -2.00. The molecule has 176 valence electrons. The number of phenols is 1. The Labute approximate surface area is 200 Å². The van der Waals surface area contributed by atoms with Gasteiger partial charge >= 0.3 is 6.18 Å². The van der Waals surface area contributed by atoms with E-state index in [4.69, 9.17) is 16.1 Å². The maximum absolute atomic E-state index is 14.4. The van der Waals surface area contributed by atoms with Gasteiger partial charge in [-0.1, -0.05) is 28.9 Å². The van der Waals surface area contributed by atoms with E-state index in [1.165, 1.54) is 24.5 Å². The number of carbonyl (C=O) groups excluding carboxylic acids is 1. The van der Waals surface area contributed by atoms with Crippen LogP contribution in [0.2, 0.25) is 5.02 Å². The van der Waals surface area contributed by atoms with Gasteiger partial charge in [0.15, 0.2) is 0 Å². The fourth-order valence-corrected chi connectivity index (χ4v) is 3.97. The van der Waals surface area contributed by atoms with Crippen molar-refractivity contribution in [3.63, 3.8) is 0 Å². The van der Waals surface area contributed by atoms with Crippen LogP contribution in [0.3, 0.4) is 0 Å². The molecule has 0 aliphatic heterocycles. The first-order chi connectivity index (χ1) is 16.7. The zero-order valence-corrected chi connectivity index (χ0v) is 18.4. The predicted molar refractivity (Wildman–Crippen MR) is 120 cm³/mol. The number of rotatable bonds is 5. The lowest BCUT2D eigenvalue weighted by Gasteiger charge is -2.14. The standard InChI is InChI=1S/C24H14ClF3N4O3/c25-15-3-1-13(2-4-15)12-32-18-6-5-16(33)11-17(18)19(21(32)24(26,27)28)20(34)23-30-22(31-35-23)14-7-9-29-10-8-14/h1-11,33H,12H2. The second-order valence-electron chi connectivity index (χ2n) is 7.62. The van der Waals surface area contributed by atoms with Crippen molar-refractivity contribution in [1.29, 1.82) is 0 Å². The van der Waals surface area contributed by atoms with Gasteiger partial charge in [-0.3, -0.25) is 9.78 Å². The third-order valence-electron chi connectivity index (χ3n) is 5.36. The van der Waals surface area contributed by atoms with Crippen molar-refractivity contribution in [2.45, 2.75) is 12.7 Å². The van der Waals surface area contributed by atoms with Crippen molar-refractivity contribution >= 4 is 28.3 Å². The summed E-state index contributed by atoms with van der Waals surface area (Å²) in [7, 11) is 0. The number of aromatic nitrogens is 4. The van der Waals surface area contributed by atoms with Crippen molar-refractivity contribution in [2.24, 2.45) is 0 Å². The Balaban J connectivity index is 1.70. The largest absolute Gasteiger partial charge is 0.508 e. The monoisotopic (exact) mass is 498 g/mol. The van der Waals surface area contributed by atoms with Gasteiger partial charge < -0.3 is 14.2 Å². The van der Waals surface area contributed by atoms with Gasteiger partial charge in [0, 0.05) is 40.4 Å². The molecular formula is C24H14ClF3N4O3. The van der Waals surface area contributed by atoms with Gasteiger partial charge in [-0.15, -0.1) is 0 Å². The molecule has 0 aliphatic rings. The number of phenolic OH excluding ortho intramolecular Hbond substituents is 1. The second kappa shape index (κ2) is 8.55. The Kier molecular flexibility index (Phi) is 5.52. The highest BCUT2D eigenvalue weighted by atomic mass is 35.5. The molecule has 0 bridgehead atoms. The summed E-state index contributed by atoms with van der Waals surface area (Å²) in [6, 6.07) is 13.1. The molecule has 11 heteroatoms. The first-order valence-electron chi connectivity index (χ1n) is 10.2. The van der Waals surface area contributed by atoms with Crippen molar-refractivity contribution in [1.82, 2.24) is 19.7 Å². The van der Waals surface area contributed by atoms with E-state index in [1.54, 1.807) is 36.4 Å². The van der Waals surface area contributed by atoms with E-state index < -0.39 is 29.1 Å². The van der Waals surface area contributed by atoms with E-state index >= 15 is 0 Å². The van der Waals surface area contributed by atoms with Gasteiger partial charge in [0.1, 0.15) is 11.4 Å². The molecule has 7 nitrogen and oxygen atoms in total.